The first-order valence-corrected chi connectivity index (χ1v) is 6.21. The third kappa shape index (κ3) is 3.07. The molecule has 0 aliphatic heterocycles. The van der Waals surface area contributed by atoms with Crippen LogP contribution in [0.4, 0.5) is 10.1 Å². The maximum absolute atomic E-state index is 13.7. The van der Waals surface area contributed by atoms with Gasteiger partial charge < -0.3 is 10.1 Å². The monoisotopic (exact) mass is 270 g/mol. The minimum Gasteiger partial charge on any atom is -0.496 e. The first-order chi connectivity index (χ1) is 9.63. The summed E-state index contributed by atoms with van der Waals surface area (Å²) < 4.78 is 18.9. The highest BCUT2D eigenvalue weighted by Gasteiger charge is 2.06. The molecule has 2 aromatic rings. The summed E-state index contributed by atoms with van der Waals surface area (Å²) in [6.45, 7) is 2.29. The molecule has 0 fully saturated rings. The molecule has 102 valence electrons. The largest absolute Gasteiger partial charge is 0.496 e. The fourth-order valence-electron chi connectivity index (χ4n) is 1.95. The molecule has 0 aliphatic carbocycles. The third-order valence-electron chi connectivity index (χ3n) is 3.00. The van der Waals surface area contributed by atoms with E-state index in [1.165, 1.54) is 6.07 Å². The Balaban J connectivity index is 2.22. The molecule has 20 heavy (non-hydrogen) atoms. The van der Waals surface area contributed by atoms with E-state index in [9.17, 15) is 4.39 Å². The Hall–Kier alpha value is -2.54. The van der Waals surface area contributed by atoms with Gasteiger partial charge in [0.2, 0.25) is 0 Å². The van der Waals surface area contributed by atoms with E-state index >= 15 is 0 Å². The predicted octanol–water partition coefficient (Wildman–Crippen LogP) is 3.63. The molecule has 2 rings (SSSR count). The minimum atomic E-state index is -0.300. The topological polar surface area (TPSA) is 45.0 Å². The van der Waals surface area contributed by atoms with Crippen molar-refractivity contribution in [2.45, 2.75) is 13.5 Å². The van der Waals surface area contributed by atoms with Crippen molar-refractivity contribution in [2.75, 3.05) is 12.4 Å². The van der Waals surface area contributed by atoms with Gasteiger partial charge in [-0.2, -0.15) is 5.26 Å². The van der Waals surface area contributed by atoms with E-state index in [2.05, 4.69) is 11.4 Å². The van der Waals surface area contributed by atoms with E-state index in [0.29, 0.717) is 23.5 Å². The average Bonchev–Trinajstić information content (AvgIpc) is 2.47. The number of ether oxygens (including phenoxy) is 1. The van der Waals surface area contributed by atoms with Gasteiger partial charge in [-0.15, -0.1) is 0 Å². The molecule has 0 amide bonds. The molecule has 0 atom stereocenters. The maximum atomic E-state index is 13.7. The average molecular weight is 270 g/mol. The molecule has 0 radical (unpaired) electrons. The summed E-state index contributed by atoms with van der Waals surface area (Å²) in [5, 5.41) is 12.0. The molecule has 0 heterocycles. The number of halogens is 1. The Labute approximate surface area is 117 Å². The first-order valence-electron chi connectivity index (χ1n) is 6.21. The van der Waals surface area contributed by atoms with Gasteiger partial charge in [0.25, 0.3) is 0 Å². The molecule has 3 nitrogen and oxygen atoms in total. The number of methoxy groups -OCH3 is 1. The Kier molecular flexibility index (Phi) is 4.21. The summed E-state index contributed by atoms with van der Waals surface area (Å²) >= 11 is 0. The van der Waals surface area contributed by atoms with E-state index in [4.69, 9.17) is 10.00 Å². The van der Waals surface area contributed by atoms with Crippen LogP contribution in [0.1, 0.15) is 16.7 Å². The highest BCUT2D eigenvalue weighted by Crippen LogP contribution is 2.22. The predicted molar refractivity (Wildman–Crippen MR) is 76.2 cm³/mol. The zero-order valence-electron chi connectivity index (χ0n) is 11.4. The van der Waals surface area contributed by atoms with Crippen molar-refractivity contribution in [3.05, 3.63) is 58.9 Å². The lowest BCUT2D eigenvalue weighted by Crippen LogP contribution is -2.04. The van der Waals surface area contributed by atoms with Crippen molar-refractivity contribution < 1.29 is 9.13 Å². The molecule has 1 N–H and O–H groups in total. The molecular weight excluding hydrogens is 255 g/mol. The highest BCUT2D eigenvalue weighted by molar-refractivity contribution is 5.49. The summed E-state index contributed by atoms with van der Waals surface area (Å²) in [5.41, 5.74) is 2.78. The van der Waals surface area contributed by atoms with Gasteiger partial charge in [0.15, 0.2) is 0 Å². The second-order valence-electron chi connectivity index (χ2n) is 4.48. The molecule has 0 saturated heterocycles. The molecule has 0 saturated carbocycles. The number of hydrogen-bond acceptors (Lipinski definition) is 3. The van der Waals surface area contributed by atoms with Gasteiger partial charge in [0, 0.05) is 12.1 Å². The third-order valence-corrected chi connectivity index (χ3v) is 3.00. The molecule has 4 heteroatoms. The van der Waals surface area contributed by atoms with Crippen LogP contribution in [0.15, 0.2) is 36.4 Å². The molecule has 2 aromatic carbocycles. The number of rotatable bonds is 4. The second kappa shape index (κ2) is 6.07. The number of hydrogen-bond donors (Lipinski definition) is 1. The van der Waals surface area contributed by atoms with Crippen LogP contribution in [0, 0.1) is 24.1 Å². The summed E-state index contributed by atoms with van der Waals surface area (Å²) in [4.78, 5) is 0. The van der Waals surface area contributed by atoms with Gasteiger partial charge in [0.1, 0.15) is 11.6 Å². The van der Waals surface area contributed by atoms with Crippen LogP contribution in [-0.2, 0) is 6.54 Å². The summed E-state index contributed by atoms with van der Waals surface area (Å²) in [6, 6.07) is 12.1. The van der Waals surface area contributed by atoms with Gasteiger partial charge in [-0.05, 0) is 42.8 Å². The van der Waals surface area contributed by atoms with Crippen molar-refractivity contribution >= 4 is 5.69 Å². The van der Waals surface area contributed by atoms with E-state index in [-0.39, 0.29) is 5.82 Å². The molecule has 0 bridgehead atoms. The van der Waals surface area contributed by atoms with Crippen LogP contribution in [0.25, 0.3) is 0 Å². The van der Waals surface area contributed by atoms with Gasteiger partial charge in [0.05, 0.1) is 24.4 Å². The van der Waals surface area contributed by atoms with E-state index < -0.39 is 0 Å². The quantitative estimate of drug-likeness (QED) is 0.922. The smallest absolute Gasteiger partial charge is 0.146 e. The van der Waals surface area contributed by atoms with Gasteiger partial charge in [-0.25, -0.2) is 4.39 Å². The minimum absolute atomic E-state index is 0.300. The first kappa shape index (κ1) is 13.9. The number of nitriles is 1. The Morgan fingerprint density at radius 1 is 1.25 bits per heavy atom. The molecule has 0 spiro atoms. The Bertz CT molecular complexity index is 662. The van der Waals surface area contributed by atoms with Gasteiger partial charge in [-0.3, -0.25) is 0 Å². The summed E-state index contributed by atoms with van der Waals surface area (Å²) in [7, 11) is 1.57. The molecule has 0 unspecified atom stereocenters. The van der Waals surface area contributed by atoms with Gasteiger partial charge in [-0.1, -0.05) is 6.07 Å². The van der Waals surface area contributed by atoms with Crippen molar-refractivity contribution in [3.63, 3.8) is 0 Å². The van der Waals surface area contributed by atoms with Crippen LogP contribution < -0.4 is 10.1 Å². The lowest BCUT2D eigenvalue weighted by atomic mass is 10.1. The van der Waals surface area contributed by atoms with E-state index in [1.807, 2.05) is 6.92 Å². The fraction of sp³-hybridized carbons (Fsp3) is 0.188. The zero-order valence-corrected chi connectivity index (χ0v) is 11.4. The summed E-state index contributed by atoms with van der Waals surface area (Å²) in [5.74, 6) is 0.371. The number of nitrogens with one attached hydrogen (secondary N) is 1. The number of aryl methyl sites for hydroxylation is 1. The van der Waals surface area contributed by atoms with Crippen LogP contribution in [-0.4, -0.2) is 7.11 Å². The normalized spacial score (nSPS) is 9.90. The van der Waals surface area contributed by atoms with E-state index in [0.717, 1.165) is 11.1 Å². The molecular formula is C16H15FN2O. The summed E-state index contributed by atoms with van der Waals surface area (Å²) in [6.07, 6.45) is 0. The van der Waals surface area contributed by atoms with Crippen molar-refractivity contribution in [2.24, 2.45) is 0 Å². The van der Waals surface area contributed by atoms with Gasteiger partial charge >= 0.3 is 0 Å². The lowest BCUT2D eigenvalue weighted by molar-refractivity contribution is 0.410. The number of anilines is 1. The van der Waals surface area contributed by atoms with Crippen LogP contribution in [0.5, 0.6) is 5.75 Å². The maximum Gasteiger partial charge on any atom is 0.146 e. The van der Waals surface area contributed by atoms with Crippen molar-refractivity contribution in [1.29, 1.82) is 5.26 Å². The standard InChI is InChI=1S/C16H15FN2O/c1-11-3-5-14(17)15(7-11)19-10-13-8-12(9-18)4-6-16(13)20-2/h3-8,19H,10H2,1-2H3. The second-order valence-corrected chi connectivity index (χ2v) is 4.48. The van der Waals surface area contributed by atoms with Crippen molar-refractivity contribution in [3.8, 4) is 11.8 Å². The highest BCUT2D eigenvalue weighted by atomic mass is 19.1. The lowest BCUT2D eigenvalue weighted by Gasteiger charge is -2.12. The van der Waals surface area contributed by atoms with Crippen LogP contribution >= 0.6 is 0 Å². The Morgan fingerprint density at radius 2 is 2.05 bits per heavy atom. The fourth-order valence-corrected chi connectivity index (χ4v) is 1.95. The molecule has 0 aliphatic rings. The van der Waals surface area contributed by atoms with Crippen LogP contribution in [0.3, 0.4) is 0 Å². The number of nitrogens with zero attached hydrogens (tertiary/aromatic N) is 1. The molecule has 0 aromatic heterocycles. The Morgan fingerprint density at radius 3 is 2.75 bits per heavy atom. The zero-order chi connectivity index (χ0) is 14.5. The SMILES string of the molecule is COc1ccc(C#N)cc1CNc1cc(C)ccc1F. The number of benzene rings is 2. The van der Waals surface area contributed by atoms with E-state index in [1.54, 1.807) is 37.4 Å². The van der Waals surface area contributed by atoms with Crippen LogP contribution in [0.2, 0.25) is 0 Å². The van der Waals surface area contributed by atoms with Crippen molar-refractivity contribution in [1.82, 2.24) is 0 Å².